The molecular weight excluding hydrogens is 367 g/mol. The van der Waals surface area contributed by atoms with Crippen LogP contribution in [-0.2, 0) is 6.42 Å². The van der Waals surface area contributed by atoms with E-state index in [0.717, 1.165) is 39.1 Å². The van der Waals surface area contributed by atoms with E-state index >= 15 is 0 Å². The van der Waals surface area contributed by atoms with Gasteiger partial charge in [-0.15, -0.1) is 0 Å². The zero-order chi connectivity index (χ0) is 20.4. The standard InChI is InChI=1S/C23H29FN4O/c1-26-11-13-28(14-12-26)22(16-25-23(29)19-5-3-4-6-20(19)24)17-7-8-21-18(15-17)9-10-27(21)2/h3-8,15,22H,9-14,16H2,1-2H3,(H,25,29). The third-order valence-electron chi connectivity index (χ3n) is 6.17. The summed E-state index contributed by atoms with van der Waals surface area (Å²) >= 11 is 0. The van der Waals surface area contributed by atoms with Crippen LogP contribution in [0.3, 0.4) is 0 Å². The number of piperazine rings is 1. The molecule has 1 atom stereocenters. The molecule has 1 saturated heterocycles. The van der Waals surface area contributed by atoms with Crippen LogP contribution >= 0.6 is 0 Å². The number of carbonyl (C=O) groups excluding carboxylic acids is 1. The number of likely N-dealkylation sites (N-methyl/N-ethyl adjacent to an activating group) is 2. The predicted octanol–water partition coefficient (Wildman–Crippen LogP) is 2.54. The molecule has 2 aromatic rings. The van der Waals surface area contributed by atoms with Gasteiger partial charge >= 0.3 is 0 Å². The maximum absolute atomic E-state index is 14.0. The number of hydrogen-bond acceptors (Lipinski definition) is 4. The van der Waals surface area contributed by atoms with E-state index in [4.69, 9.17) is 0 Å². The fourth-order valence-electron chi connectivity index (χ4n) is 4.32. The van der Waals surface area contributed by atoms with Crippen LogP contribution in [-0.4, -0.2) is 69.1 Å². The molecule has 2 aliphatic heterocycles. The minimum absolute atomic E-state index is 0.0793. The van der Waals surface area contributed by atoms with Gasteiger partial charge in [-0.3, -0.25) is 9.69 Å². The Morgan fingerprint density at radius 3 is 2.59 bits per heavy atom. The summed E-state index contributed by atoms with van der Waals surface area (Å²) in [5, 5.41) is 2.98. The lowest BCUT2D eigenvalue weighted by atomic mass is 10.00. The van der Waals surface area contributed by atoms with Crippen LogP contribution in [0, 0.1) is 5.82 Å². The predicted molar refractivity (Wildman–Crippen MR) is 114 cm³/mol. The van der Waals surface area contributed by atoms with Gasteiger partial charge in [0, 0.05) is 52.0 Å². The lowest BCUT2D eigenvalue weighted by molar-refractivity contribution is 0.0883. The van der Waals surface area contributed by atoms with E-state index < -0.39 is 5.82 Å². The summed E-state index contributed by atoms with van der Waals surface area (Å²) in [6.45, 7) is 5.42. The van der Waals surface area contributed by atoms with Gasteiger partial charge in [0.1, 0.15) is 5.82 Å². The normalized spacial score (nSPS) is 18.5. The minimum atomic E-state index is -0.485. The number of anilines is 1. The molecule has 5 nitrogen and oxygen atoms in total. The fraction of sp³-hybridized carbons (Fsp3) is 0.435. The molecule has 6 heteroatoms. The molecule has 2 aromatic carbocycles. The summed E-state index contributed by atoms with van der Waals surface area (Å²) in [6, 6.07) is 12.9. The van der Waals surface area contributed by atoms with Crippen molar-refractivity contribution in [2.24, 2.45) is 0 Å². The van der Waals surface area contributed by atoms with Crippen molar-refractivity contribution in [3.05, 3.63) is 65.0 Å². The van der Waals surface area contributed by atoms with Crippen LogP contribution in [0.1, 0.15) is 27.5 Å². The van der Waals surface area contributed by atoms with Gasteiger partial charge in [-0.2, -0.15) is 0 Å². The van der Waals surface area contributed by atoms with E-state index in [1.54, 1.807) is 12.1 Å². The Balaban J connectivity index is 1.54. The Morgan fingerprint density at radius 2 is 1.83 bits per heavy atom. The summed E-state index contributed by atoms with van der Waals surface area (Å²) in [5.74, 6) is -0.843. The quantitative estimate of drug-likeness (QED) is 0.843. The molecule has 0 radical (unpaired) electrons. The molecule has 1 amide bonds. The zero-order valence-corrected chi connectivity index (χ0v) is 17.2. The van der Waals surface area contributed by atoms with Gasteiger partial charge in [0.15, 0.2) is 0 Å². The van der Waals surface area contributed by atoms with Gasteiger partial charge in [0.25, 0.3) is 5.91 Å². The van der Waals surface area contributed by atoms with Gasteiger partial charge < -0.3 is 15.1 Å². The van der Waals surface area contributed by atoms with Crippen LogP contribution in [0.5, 0.6) is 0 Å². The van der Waals surface area contributed by atoms with Crippen molar-refractivity contribution in [2.45, 2.75) is 12.5 Å². The first-order chi connectivity index (χ1) is 14.0. The molecule has 0 aliphatic carbocycles. The molecule has 0 bridgehead atoms. The molecule has 1 unspecified atom stereocenters. The highest BCUT2D eigenvalue weighted by Gasteiger charge is 2.26. The molecule has 2 aliphatic rings. The number of fused-ring (bicyclic) bond motifs is 1. The van der Waals surface area contributed by atoms with Crippen LogP contribution < -0.4 is 10.2 Å². The SMILES string of the molecule is CN1CCN(C(CNC(=O)c2ccccc2F)c2ccc3c(c2)CCN3C)CC1. The number of carbonyl (C=O) groups is 1. The highest BCUT2D eigenvalue weighted by atomic mass is 19.1. The van der Waals surface area contributed by atoms with E-state index in [1.807, 2.05) is 0 Å². The van der Waals surface area contributed by atoms with E-state index in [2.05, 4.69) is 52.3 Å². The van der Waals surface area contributed by atoms with Crippen molar-refractivity contribution < 1.29 is 9.18 Å². The van der Waals surface area contributed by atoms with Crippen LogP contribution in [0.4, 0.5) is 10.1 Å². The van der Waals surface area contributed by atoms with Gasteiger partial charge in [0.2, 0.25) is 0 Å². The highest BCUT2D eigenvalue weighted by molar-refractivity contribution is 5.94. The Hall–Kier alpha value is -2.44. The number of nitrogens with zero attached hydrogens (tertiary/aromatic N) is 3. The number of rotatable bonds is 5. The second-order valence-electron chi connectivity index (χ2n) is 8.10. The molecule has 1 N–H and O–H groups in total. The number of benzene rings is 2. The van der Waals surface area contributed by atoms with Crippen LogP contribution in [0.25, 0.3) is 0 Å². The summed E-state index contributed by atoms with van der Waals surface area (Å²) in [5.41, 5.74) is 3.98. The lowest BCUT2D eigenvalue weighted by Crippen LogP contribution is -2.48. The molecule has 0 saturated carbocycles. The Bertz CT molecular complexity index is 879. The smallest absolute Gasteiger partial charge is 0.254 e. The first-order valence-electron chi connectivity index (χ1n) is 10.3. The van der Waals surface area contributed by atoms with Crippen molar-refractivity contribution in [3.8, 4) is 0 Å². The lowest BCUT2D eigenvalue weighted by Gasteiger charge is -2.38. The first-order valence-corrected chi connectivity index (χ1v) is 10.3. The Kier molecular flexibility index (Phi) is 5.83. The van der Waals surface area contributed by atoms with Crippen molar-refractivity contribution in [1.82, 2.24) is 15.1 Å². The maximum atomic E-state index is 14.0. The average Bonchev–Trinajstić information content (AvgIpc) is 3.10. The third kappa shape index (κ3) is 4.28. The van der Waals surface area contributed by atoms with Gasteiger partial charge in [-0.25, -0.2) is 4.39 Å². The van der Waals surface area contributed by atoms with Crippen molar-refractivity contribution in [2.75, 3.05) is 58.3 Å². The monoisotopic (exact) mass is 396 g/mol. The van der Waals surface area contributed by atoms with Crippen LogP contribution in [0.2, 0.25) is 0 Å². The van der Waals surface area contributed by atoms with Crippen LogP contribution in [0.15, 0.2) is 42.5 Å². The second kappa shape index (κ2) is 8.51. The fourth-order valence-corrected chi connectivity index (χ4v) is 4.32. The van der Waals surface area contributed by atoms with Gasteiger partial charge in [-0.1, -0.05) is 24.3 Å². The van der Waals surface area contributed by atoms with Crippen molar-refractivity contribution in [3.63, 3.8) is 0 Å². The average molecular weight is 397 g/mol. The third-order valence-corrected chi connectivity index (χ3v) is 6.17. The molecule has 2 heterocycles. The Morgan fingerprint density at radius 1 is 1.07 bits per heavy atom. The van der Waals surface area contributed by atoms with Crippen molar-refractivity contribution in [1.29, 1.82) is 0 Å². The number of nitrogens with one attached hydrogen (secondary N) is 1. The number of halogens is 1. The molecular formula is C23H29FN4O. The van der Waals surface area contributed by atoms with Crippen molar-refractivity contribution >= 4 is 11.6 Å². The molecule has 29 heavy (non-hydrogen) atoms. The summed E-state index contributed by atoms with van der Waals surface area (Å²) < 4.78 is 14.0. The minimum Gasteiger partial charge on any atom is -0.374 e. The number of amides is 1. The van der Waals surface area contributed by atoms with Gasteiger partial charge in [0.05, 0.1) is 11.6 Å². The molecule has 0 spiro atoms. The zero-order valence-electron chi connectivity index (χ0n) is 17.2. The Labute approximate surface area is 172 Å². The molecule has 0 aromatic heterocycles. The topological polar surface area (TPSA) is 38.8 Å². The first kappa shape index (κ1) is 19.9. The molecule has 1 fully saturated rings. The summed E-state index contributed by atoms with van der Waals surface area (Å²) in [4.78, 5) is 19.6. The van der Waals surface area contributed by atoms with E-state index in [-0.39, 0.29) is 17.5 Å². The number of hydrogen-bond donors (Lipinski definition) is 1. The largest absolute Gasteiger partial charge is 0.374 e. The highest BCUT2D eigenvalue weighted by Crippen LogP contribution is 2.31. The van der Waals surface area contributed by atoms with E-state index in [1.165, 1.54) is 28.9 Å². The maximum Gasteiger partial charge on any atom is 0.254 e. The summed E-state index contributed by atoms with van der Waals surface area (Å²) in [6.07, 6.45) is 1.05. The second-order valence-corrected chi connectivity index (χ2v) is 8.10. The molecule has 154 valence electrons. The molecule has 4 rings (SSSR count). The van der Waals surface area contributed by atoms with E-state index in [0.29, 0.717) is 6.54 Å². The van der Waals surface area contributed by atoms with Gasteiger partial charge in [-0.05, 0) is 42.8 Å². The summed E-state index contributed by atoms with van der Waals surface area (Å²) in [7, 11) is 4.26. The van der Waals surface area contributed by atoms with E-state index in [9.17, 15) is 9.18 Å².